The highest BCUT2D eigenvalue weighted by Crippen LogP contribution is 2.38. The van der Waals surface area contributed by atoms with Gasteiger partial charge in [0.25, 0.3) is 0 Å². The van der Waals surface area contributed by atoms with Crippen molar-refractivity contribution in [3.8, 4) is 0 Å². The van der Waals surface area contributed by atoms with Crippen LogP contribution >= 0.6 is 0 Å². The van der Waals surface area contributed by atoms with Crippen molar-refractivity contribution in [2.24, 2.45) is 0 Å². The number of nitrogens with one attached hydrogen (secondary N) is 2. The first-order chi connectivity index (χ1) is 10.7. The summed E-state index contributed by atoms with van der Waals surface area (Å²) in [5, 5.41) is 8.51. The van der Waals surface area contributed by atoms with Crippen molar-refractivity contribution >= 4 is 5.91 Å². The number of carbonyl (C=O) groups excluding carboxylic acids is 1. The topological polar surface area (TPSA) is 75.1 Å². The molecular weight excluding hydrogens is 280 g/mol. The van der Waals surface area contributed by atoms with Gasteiger partial charge in [-0.25, -0.2) is 5.43 Å². The van der Waals surface area contributed by atoms with Crippen LogP contribution in [-0.4, -0.2) is 50.5 Å². The van der Waals surface area contributed by atoms with Crippen molar-refractivity contribution in [3.05, 3.63) is 11.9 Å². The van der Waals surface area contributed by atoms with Crippen LogP contribution in [0.1, 0.15) is 50.6 Å². The molecule has 7 heteroatoms. The fourth-order valence-electron chi connectivity index (χ4n) is 3.58. The van der Waals surface area contributed by atoms with Gasteiger partial charge in [-0.2, -0.15) is 0 Å². The number of hydrazine groups is 1. The lowest BCUT2D eigenvalue weighted by molar-refractivity contribution is -0.134. The van der Waals surface area contributed by atoms with E-state index in [4.69, 9.17) is 0 Å². The minimum absolute atomic E-state index is 0.0895. The molecular formula is C15H24N6O. The van der Waals surface area contributed by atoms with E-state index in [0.29, 0.717) is 12.0 Å². The minimum Gasteiger partial charge on any atom is -0.336 e. The second kappa shape index (κ2) is 5.62. The van der Waals surface area contributed by atoms with Gasteiger partial charge in [0.05, 0.1) is 18.3 Å². The zero-order valence-electron chi connectivity index (χ0n) is 13.0. The first-order valence-corrected chi connectivity index (χ1v) is 8.42. The van der Waals surface area contributed by atoms with Crippen LogP contribution < -0.4 is 10.9 Å². The summed E-state index contributed by atoms with van der Waals surface area (Å²) in [4.78, 5) is 14.7. The Bertz CT molecular complexity index is 554. The molecule has 1 aliphatic carbocycles. The van der Waals surface area contributed by atoms with Crippen LogP contribution in [0.5, 0.6) is 0 Å². The molecule has 0 aromatic carbocycles. The number of aromatic nitrogens is 3. The van der Waals surface area contributed by atoms with Crippen LogP contribution in [0.15, 0.2) is 6.20 Å². The number of nitrogens with zero attached hydrogens (tertiary/aromatic N) is 4. The molecule has 4 rings (SSSR count). The molecule has 0 bridgehead atoms. The molecule has 7 nitrogen and oxygen atoms in total. The number of amides is 1. The van der Waals surface area contributed by atoms with Crippen LogP contribution in [-0.2, 0) is 11.3 Å². The first kappa shape index (κ1) is 14.1. The Morgan fingerprint density at radius 3 is 2.95 bits per heavy atom. The molecule has 3 heterocycles. The van der Waals surface area contributed by atoms with Crippen LogP contribution in [0.4, 0.5) is 0 Å². The number of hydrogen-bond acceptors (Lipinski definition) is 5. The van der Waals surface area contributed by atoms with E-state index >= 15 is 0 Å². The lowest BCUT2D eigenvalue weighted by Gasteiger charge is -2.27. The molecule has 2 aliphatic heterocycles. The van der Waals surface area contributed by atoms with Gasteiger partial charge in [-0.15, -0.1) is 5.10 Å². The van der Waals surface area contributed by atoms with Gasteiger partial charge in [-0.05, 0) is 39.0 Å². The average molecular weight is 304 g/mol. The lowest BCUT2D eigenvalue weighted by atomic mass is 10.1. The summed E-state index contributed by atoms with van der Waals surface area (Å²) >= 11 is 0. The maximum absolute atomic E-state index is 12.7. The first-order valence-electron chi connectivity index (χ1n) is 8.42. The summed E-state index contributed by atoms with van der Waals surface area (Å²) < 4.78 is 1.92. The fourth-order valence-corrected chi connectivity index (χ4v) is 3.58. The molecule has 3 fully saturated rings. The fraction of sp³-hybridized carbons (Fsp3) is 0.800. The number of carbonyl (C=O) groups is 1. The highest BCUT2D eigenvalue weighted by Gasteiger charge is 2.36. The highest BCUT2D eigenvalue weighted by molar-refractivity contribution is 5.82. The second-order valence-corrected chi connectivity index (χ2v) is 6.95. The summed E-state index contributed by atoms with van der Waals surface area (Å²) in [5.41, 5.74) is 7.37. The van der Waals surface area contributed by atoms with Crippen LogP contribution in [0.25, 0.3) is 0 Å². The van der Waals surface area contributed by atoms with Crippen molar-refractivity contribution < 1.29 is 4.79 Å². The summed E-state index contributed by atoms with van der Waals surface area (Å²) in [6.07, 6.45) is 7.54. The molecule has 1 amide bonds. The van der Waals surface area contributed by atoms with E-state index in [1.165, 1.54) is 12.8 Å². The van der Waals surface area contributed by atoms with Crippen molar-refractivity contribution in [2.75, 3.05) is 6.54 Å². The minimum atomic E-state index is -0.0895. The average Bonchev–Trinajstić information content (AvgIpc) is 2.90. The van der Waals surface area contributed by atoms with Gasteiger partial charge in [0.2, 0.25) is 5.91 Å². The zero-order chi connectivity index (χ0) is 15.1. The number of rotatable bonds is 4. The Morgan fingerprint density at radius 2 is 2.23 bits per heavy atom. The second-order valence-electron chi connectivity index (χ2n) is 6.95. The Morgan fingerprint density at radius 1 is 1.36 bits per heavy atom. The van der Waals surface area contributed by atoms with E-state index in [9.17, 15) is 4.79 Å². The third-order valence-corrected chi connectivity index (χ3v) is 5.00. The predicted molar refractivity (Wildman–Crippen MR) is 80.9 cm³/mol. The van der Waals surface area contributed by atoms with Gasteiger partial charge in [-0.1, -0.05) is 5.21 Å². The van der Waals surface area contributed by atoms with Gasteiger partial charge < -0.3 is 4.90 Å². The molecule has 2 saturated heterocycles. The van der Waals surface area contributed by atoms with Gasteiger partial charge in [0.1, 0.15) is 6.04 Å². The summed E-state index contributed by atoms with van der Waals surface area (Å²) in [6, 6.07) is 0.513. The third-order valence-electron chi connectivity index (χ3n) is 5.00. The molecule has 1 aromatic heterocycles. The van der Waals surface area contributed by atoms with Crippen LogP contribution in [0.3, 0.4) is 0 Å². The Labute approximate surface area is 130 Å². The highest BCUT2D eigenvalue weighted by atomic mass is 16.2. The molecule has 2 N–H and O–H groups in total. The zero-order valence-corrected chi connectivity index (χ0v) is 13.0. The molecule has 22 heavy (non-hydrogen) atoms. The smallest absolute Gasteiger partial charge is 0.241 e. The maximum Gasteiger partial charge on any atom is 0.241 e. The van der Waals surface area contributed by atoms with E-state index in [0.717, 1.165) is 38.0 Å². The molecule has 1 saturated carbocycles. The maximum atomic E-state index is 12.7. The van der Waals surface area contributed by atoms with Crippen molar-refractivity contribution in [2.45, 2.75) is 69.6 Å². The summed E-state index contributed by atoms with van der Waals surface area (Å²) in [7, 11) is 0. The molecule has 0 spiro atoms. The molecule has 120 valence electrons. The quantitative estimate of drug-likeness (QED) is 0.842. The van der Waals surface area contributed by atoms with E-state index in [2.05, 4.69) is 34.3 Å². The van der Waals surface area contributed by atoms with E-state index in [1.807, 2.05) is 9.58 Å². The summed E-state index contributed by atoms with van der Waals surface area (Å²) in [6.45, 7) is 3.72. The van der Waals surface area contributed by atoms with Crippen molar-refractivity contribution in [1.29, 1.82) is 0 Å². The monoisotopic (exact) mass is 304 g/mol. The van der Waals surface area contributed by atoms with E-state index in [-0.39, 0.29) is 18.0 Å². The van der Waals surface area contributed by atoms with Crippen molar-refractivity contribution in [1.82, 2.24) is 30.7 Å². The van der Waals surface area contributed by atoms with Crippen LogP contribution in [0, 0.1) is 0 Å². The standard InChI is InChI=1S/C15H24N6O/c1-10-7-13(17-16-10)15(22)21-6-2-3-12(21)8-20-9-14(18-19-20)11-4-5-11/h9-13,16-17H,2-8H2,1H3/t10?,12-,13?/m0/s1. The van der Waals surface area contributed by atoms with Crippen molar-refractivity contribution in [3.63, 3.8) is 0 Å². The predicted octanol–water partition coefficient (Wildman–Crippen LogP) is 0.402. The van der Waals surface area contributed by atoms with Gasteiger partial charge >= 0.3 is 0 Å². The Balaban J connectivity index is 1.40. The molecule has 2 unspecified atom stereocenters. The Kier molecular flexibility index (Phi) is 3.62. The third kappa shape index (κ3) is 2.75. The molecule has 3 atom stereocenters. The Hall–Kier alpha value is -1.47. The normalized spacial score (nSPS) is 31.9. The molecule has 0 radical (unpaired) electrons. The SMILES string of the molecule is CC1CC(C(=O)N2CCC[C@H]2Cn2cc(C3CC3)nn2)NN1. The van der Waals surface area contributed by atoms with Crippen LogP contribution in [0.2, 0.25) is 0 Å². The lowest BCUT2D eigenvalue weighted by Crippen LogP contribution is -2.48. The van der Waals surface area contributed by atoms with E-state index in [1.54, 1.807) is 0 Å². The molecule has 1 aromatic rings. The van der Waals surface area contributed by atoms with Gasteiger partial charge in [-0.3, -0.25) is 14.9 Å². The van der Waals surface area contributed by atoms with E-state index < -0.39 is 0 Å². The van der Waals surface area contributed by atoms with Gasteiger partial charge in [0, 0.05) is 24.7 Å². The largest absolute Gasteiger partial charge is 0.336 e. The number of likely N-dealkylation sites (tertiary alicyclic amines) is 1. The summed E-state index contributed by atoms with van der Waals surface area (Å²) in [5.74, 6) is 0.854. The number of hydrogen-bond donors (Lipinski definition) is 2. The molecule has 3 aliphatic rings. The van der Waals surface area contributed by atoms with Gasteiger partial charge in [0.15, 0.2) is 0 Å².